The Kier molecular flexibility index (Phi) is 2.53. The van der Waals surface area contributed by atoms with Gasteiger partial charge in [0.25, 0.3) is 0 Å². The van der Waals surface area contributed by atoms with Gasteiger partial charge in [-0.2, -0.15) is 0 Å². The van der Waals surface area contributed by atoms with Crippen molar-refractivity contribution in [2.45, 2.75) is 26.3 Å². The zero-order valence-electron chi connectivity index (χ0n) is 9.62. The molecule has 0 spiro atoms. The van der Waals surface area contributed by atoms with E-state index in [1.54, 1.807) is 0 Å². The highest BCUT2D eigenvalue weighted by molar-refractivity contribution is 5.87. The first-order valence-electron chi connectivity index (χ1n) is 5.38. The molecule has 1 aromatic carbocycles. The molecule has 2 N–H and O–H groups in total. The highest BCUT2D eigenvalue weighted by Gasteiger charge is 2.08. The Morgan fingerprint density at radius 1 is 1.40 bits per heavy atom. The van der Waals surface area contributed by atoms with Crippen molar-refractivity contribution in [3.8, 4) is 0 Å². The van der Waals surface area contributed by atoms with Gasteiger partial charge in [-0.1, -0.05) is 12.1 Å². The van der Waals surface area contributed by atoms with Crippen LogP contribution >= 0.6 is 0 Å². The van der Waals surface area contributed by atoms with Crippen molar-refractivity contribution >= 4 is 10.9 Å². The van der Waals surface area contributed by atoms with Crippen molar-refractivity contribution in [3.05, 3.63) is 35.5 Å². The SMILES string of the molecule is Cc1cn(C)c2cccc(CC(C)N)c12. The minimum Gasteiger partial charge on any atom is -0.350 e. The van der Waals surface area contributed by atoms with Gasteiger partial charge in [-0.3, -0.25) is 0 Å². The molecule has 1 atom stereocenters. The molecule has 1 heterocycles. The molecule has 2 heteroatoms. The van der Waals surface area contributed by atoms with Crippen LogP contribution in [0, 0.1) is 6.92 Å². The maximum absolute atomic E-state index is 5.87. The predicted molar refractivity (Wildman–Crippen MR) is 65.0 cm³/mol. The van der Waals surface area contributed by atoms with E-state index in [1.165, 1.54) is 22.0 Å². The smallest absolute Gasteiger partial charge is 0.0483 e. The molecule has 2 nitrogen and oxygen atoms in total. The maximum atomic E-state index is 5.87. The van der Waals surface area contributed by atoms with Crippen LogP contribution < -0.4 is 5.73 Å². The summed E-state index contributed by atoms with van der Waals surface area (Å²) in [6.07, 6.45) is 3.12. The van der Waals surface area contributed by atoms with Gasteiger partial charge in [0.05, 0.1) is 0 Å². The van der Waals surface area contributed by atoms with Crippen LogP contribution in [0.2, 0.25) is 0 Å². The first-order valence-corrected chi connectivity index (χ1v) is 5.38. The van der Waals surface area contributed by atoms with E-state index in [2.05, 4.69) is 49.9 Å². The topological polar surface area (TPSA) is 30.9 Å². The number of fused-ring (bicyclic) bond motifs is 1. The first-order chi connectivity index (χ1) is 7.09. The average molecular weight is 202 g/mol. The summed E-state index contributed by atoms with van der Waals surface area (Å²) in [5, 5.41) is 1.37. The second-order valence-corrected chi connectivity index (χ2v) is 4.42. The number of hydrogen-bond acceptors (Lipinski definition) is 1. The van der Waals surface area contributed by atoms with E-state index in [-0.39, 0.29) is 6.04 Å². The Balaban J connectivity index is 2.64. The van der Waals surface area contributed by atoms with Gasteiger partial charge in [-0.05, 0) is 37.5 Å². The number of aryl methyl sites for hydroxylation is 2. The van der Waals surface area contributed by atoms with E-state index >= 15 is 0 Å². The fourth-order valence-electron chi connectivity index (χ4n) is 2.28. The van der Waals surface area contributed by atoms with Crippen molar-refractivity contribution < 1.29 is 0 Å². The van der Waals surface area contributed by atoms with Crippen molar-refractivity contribution in [2.24, 2.45) is 12.8 Å². The Labute approximate surface area is 90.7 Å². The van der Waals surface area contributed by atoms with Crippen molar-refractivity contribution in [2.75, 3.05) is 0 Å². The van der Waals surface area contributed by atoms with E-state index in [0.29, 0.717) is 0 Å². The lowest BCUT2D eigenvalue weighted by Gasteiger charge is -2.07. The highest BCUT2D eigenvalue weighted by Crippen LogP contribution is 2.24. The summed E-state index contributed by atoms with van der Waals surface area (Å²) in [5.74, 6) is 0. The number of hydrogen-bond donors (Lipinski definition) is 1. The highest BCUT2D eigenvalue weighted by atomic mass is 14.9. The molecule has 0 aliphatic rings. The molecule has 0 saturated carbocycles. The quantitative estimate of drug-likeness (QED) is 0.796. The van der Waals surface area contributed by atoms with Crippen LogP contribution in [0.3, 0.4) is 0 Å². The molecule has 0 saturated heterocycles. The summed E-state index contributed by atoms with van der Waals surface area (Å²) in [4.78, 5) is 0. The van der Waals surface area contributed by atoms with Crippen LogP contribution in [0.1, 0.15) is 18.1 Å². The molecule has 1 unspecified atom stereocenters. The normalized spacial score (nSPS) is 13.3. The summed E-state index contributed by atoms with van der Waals surface area (Å²) in [6.45, 7) is 4.21. The summed E-state index contributed by atoms with van der Waals surface area (Å²) in [6, 6.07) is 6.67. The number of nitrogens with two attached hydrogens (primary N) is 1. The summed E-state index contributed by atoms with van der Waals surface area (Å²) in [5.41, 5.74) is 9.86. The number of nitrogens with zero attached hydrogens (tertiary/aromatic N) is 1. The third kappa shape index (κ3) is 1.77. The van der Waals surface area contributed by atoms with E-state index in [0.717, 1.165) is 6.42 Å². The lowest BCUT2D eigenvalue weighted by Crippen LogP contribution is -2.17. The fourth-order valence-corrected chi connectivity index (χ4v) is 2.28. The van der Waals surface area contributed by atoms with Gasteiger partial charge in [-0.25, -0.2) is 0 Å². The second-order valence-electron chi connectivity index (χ2n) is 4.42. The zero-order valence-corrected chi connectivity index (χ0v) is 9.62. The van der Waals surface area contributed by atoms with Crippen molar-refractivity contribution in [1.29, 1.82) is 0 Å². The molecule has 0 aliphatic carbocycles. The molecule has 0 bridgehead atoms. The maximum Gasteiger partial charge on any atom is 0.0483 e. The molecule has 2 aromatic rings. The molecule has 0 fully saturated rings. The zero-order chi connectivity index (χ0) is 11.0. The minimum atomic E-state index is 0.218. The molecular weight excluding hydrogens is 184 g/mol. The standard InChI is InChI=1S/C13H18N2/c1-9-8-15(3)12-6-4-5-11(13(9)12)7-10(2)14/h4-6,8,10H,7,14H2,1-3H3. The van der Waals surface area contributed by atoms with Gasteiger partial charge in [0.1, 0.15) is 0 Å². The predicted octanol–water partition coefficient (Wildman–Crippen LogP) is 2.38. The number of rotatable bonds is 2. The summed E-state index contributed by atoms with van der Waals surface area (Å²) in [7, 11) is 2.09. The largest absolute Gasteiger partial charge is 0.350 e. The lowest BCUT2D eigenvalue weighted by atomic mass is 10.0. The Morgan fingerprint density at radius 2 is 2.13 bits per heavy atom. The van der Waals surface area contributed by atoms with E-state index in [9.17, 15) is 0 Å². The van der Waals surface area contributed by atoms with Crippen LogP contribution in [-0.2, 0) is 13.5 Å². The molecular formula is C13H18N2. The van der Waals surface area contributed by atoms with Gasteiger partial charge in [-0.15, -0.1) is 0 Å². The van der Waals surface area contributed by atoms with Gasteiger partial charge in [0.15, 0.2) is 0 Å². The molecule has 0 radical (unpaired) electrons. The number of aromatic nitrogens is 1. The molecule has 2 rings (SSSR count). The van der Waals surface area contributed by atoms with E-state index in [1.807, 2.05) is 0 Å². The average Bonchev–Trinajstić information content (AvgIpc) is 2.43. The van der Waals surface area contributed by atoms with Gasteiger partial charge < -0.3 is 10.3 Å². The monoisotopic (exact) mass is 202 g/mol. The summed E-state index contributed by atoms with van der Waals surface area (Å²) < 4.78 is 2.18. The number of benzene rings is 1. The van der Waals surface area contributed by atoms with Crippen LogP contribution in [0.5, 0.6) is 0 Å². The van der Waals surface area contributed by atoms with Crippen LogP contribution in [-0.4, -0.2) is 10.6 Å². The Hall–Kier alpha value is -1.28. The van der Waals surface area contributed by atoms with Crippen LogP contribution in [0.15, 0.2) is 24.4 Å². The van der Waals surface area contributed by atoms with Crippen molar-refractivity contribution in [3.63, 3.8) is 0 Å². The third-order valence-electron chi connectivity index (χ3n) is 2.83. The van der Waals surface area contributed by atoms with Crippen molar-refractivity contribution in [1.82, 2.24) is 4.57 Å². The second kappa shape index (κ2) is 3.70. The first kappa shape index (κ1) is 10.2. The third-order valence-corrected chi connectivity index (χ3v) is 2.83. The van der Waals surface area contributed by atoms with Gasteiger partial charge in [0.2, 0.25) is 0 Å². The van der Waals surface area contributed by atoms with E-state index in [4.69, 9.17) is 5.73 Å². The molecule has 0 aliphatic heterocycles. The van der Waals surface area contributed by atoms with Crippen LogP contribution in [0.25, 0.3) is 10.9 Å². The fraction of sp³-hybridized carbons (Fsp3) is 0.385. The molecule has 0 amide bonds. The molecule has 80 valence electrons. The minimum absolute atomic E-state index is 0.218. The van der Waals surface area contributed by atoms with E-state index < -0.39 is 0 Å². The summed E-state index contributed by atoms with van der Waals surface area (Å²) >= 11 is 0. The Morgan fingerprint density at radius 3 is 2.80 bits per heavy atom. The van der Waals surface area contributed by atoms with Gasteiger partial charge in [0, 0.05) is 30.2 Å². The molecule has 15 heavy (non-hydrogen) atoms. The Bertz CT molecular complexity index is 480. The molecule has 1 aromatic heterocycles. The lowest BCUT2D eigenvalue weighted by molar-refractivity contribution is 0.741. The van der Waals surface area contributed by atoms with Crippen LogP contribution in [0.4, 0.5) is 0 Å². The van der Waals surface area contributed by atoms with Gasteiger partial charge >= 0.3 is 0 Å².